The molecule has 0 aromatic heterocycles. The Bertz CT molecular complexity index is 341. The summed E-state index contributed by atoms with van der Waals surface area (Å²) in [6.45, 7) is 7.59. The van der Waals surface area contributed by atoms with Gasteiger partial charge in [0.1, 0.15) is 12.5 Å². The molecule has 0 amide bonds. The van der Waals surface area contributed by atoms with Gasteiger partial charge in [-0.15, -0.1) is 0 Å². The molecule has 0 aromatic rings. The van der Waals surface area contributed by atoms with Crippen molar-refractivity contribution >= 4 is 11.9 Å². The minimum absolute atomic E-state index is 0.125. The third-order valence-electron chi connectivity index (χ3n) is 2.23. The summed E-state index contributed by atoms with van der Waals surface area (Å²) < 4.78 is 5.00. The normalized spacial score (nSPS) is 12.9. The Hall–Kier alpha value is -1.78. The van der Waals surface area contributed by atoms with Crippen molar-refractivity contribution in [1.29, 1.82) is 0 Å². The largest absolute Gasteiger partial charge is 0.478 e. The molecule has 0 aliphatic carbocycles. The maximum atomic E-state index is 10.9. The van der Waals surface area contributed by atoms with Crippen LogP contribution in [0.4, 0.5) is 0 Å². The van der Waals surface area contributed by atoms with Gasteiger partial charge in [0.2, 0.25) is 0 Å². The molecule has 0 rings (SSSR count). The first-order chi connectivity index (χ1) is 8.73. The number of carbonyl (C=O) groups is 2. The quantitative estimate of drug-likeness (QED) is 0.523. The van der Waals surface area contributed by atoms with Gasteiger partial charge >= 0.3 is 11.9 Å². The number of ether oxygens (including phenoxy) is 1. The van der Waals surface area contributed by atoms with Gasteiger partial charge in [-0.2, -0.15) is 0 Å². The van der Waals surface area contributed by atoms with Crippen LogP contribution in [0.1, 0.15) is 40.5 Å². The zero-order valence-corrected chi connectivity index (χ0v) is 11.8. The predicted octanol–water partition coefficient (Wildman–Crippen LogP) is 3.03. The van der Waals surface area contributed by atoms with E-state index in [2.05, 4.69) is 0 Å². The van der Waals surface area contributed by atoms with Crippen LogP contribution in [-0.2, 0) is 14.3 Å². The summed E-state index contributed by atoms with van der Waals surface area (Å²) in [7, 11) is 0. The van der Waals surface area contributed by atoms with Crippen LogP contribution in [0.5, 0.6) is 0 Å². The van der Waals surface area contributed by atoms with E-state index in [1.807, 2.05) is 27.7 Å². The second kappa shape index (κ2) is 8.34. The van der Waals surface area contributed by atoms with E-state index >= 15 is 0 Å². The van der Waals surface area contributed by atoms with Gasteiger partial charge in [0.25, 0.3) is 0 Å². The van der Waals surface area contributed by atoms with Crippen LogP contribution in [-0.4, -0.2) is 22.2 Å². The molecule has 5 heteroatoms. The molecule has 0 atom stereocenters. The van der Waals surface area contributed by atoms with Crippen molar-refractivity contribution < 1.29 is 24.5 Å². The van der Waals surface area contributed by atoms with Crippen molar-refractivity contribution in [2.45, 2.75) is 40.5 Å². The Balaban J connectivity index is 4.79. The third kappa shape index (κ3) is 8.02. The summed E-state index contributed by atoms with van der Waals surface area (Å²) in [4.78, 5) is 21.9. The summed E-state index contributed by atoms with van der Waals surface area (Å²) in [6.07, 6.45) is 2.95. The molecule has 0 unspecified atom stereocenters. The fraction of sp³-hybridized carbons (Fsp3) is 0.571. The molecule has 0 bridgehead atoms. The second-order valence-electron chi connectivity index (χ2n) is 5.23. The van der Waals surface area contributed by atoms with Crippen LogP contribution in [0.2, 0.25) is 0 Å². The van der Waals surface area contributed by atoms with Crippen molar-refractivity contribution in [2.75, 3.05) is 0 Å². The lowest BCUT2D eigenvalue weighted by molar-refractivity contribution is -0.133. The summed E-state index contributed by atoms with van der Waals surface area (Å²) >= 11 is 0. The van der Waals surface area contributed by atoms with Crippen molar-refractivity contribution in [2.24, 2.45) is 11.8 Å². The van der Waals surface area contributed by atoms with Gasteiger partial charge in [-0.3, -0.25) is 0 Å². The topological polar surface area (TPSA) is 83.8 Å². The molecule has 0 heterocycles. The van der Waals surface area contributed by atoms with E-state index in [4.69, 9.17) is 14.9 Å². The fourth-order valence-electron chi connectivity index (χ4n) is 1.45. The van der Waals surface area contributed by atoms with E-state index in [0.29, 0.717) is 12.8 Å². The van der Waals surface area contributed by atoms with Crippen LogP contribution >= 0.6 is 0 Å². The highest BCUT2D eigenvalue weighted by Crippen LogP contribution is 2.13. The monoisotopic (exact) mass is 270 g/mol. The molecule has 19 heavy (non-hydrogen) atoms. The van der Waals surface area contributed by atoms with E-state index < -0.39 is 11.9 Å². The highest BCUT2D eigenvalue weighted by Gasteiger charge is 2.12. The SMILES string of the molecule is CC(C)CC(=COC=C(CC(C)C)C(=O)O)C(=O)O. The maximum absolute atomic E-state index is 10.9. The first-order valence-electron chi connectivity index (χ1n) is 6.24. The lowest BCUT2D eigenvalue weighted by Gasteiger charge is -2.07. The zero-order chi connectivity index (χ0) is 15.0. The number of aliphatic carboxylic acids is 2. The summed E-state index contributed by atoms with van der Waals surface area (Å²) in [6, 6.07) is 0. The van der Waals surface area contributed by atoms with E-state index in [1.54, 1.807) is 0 Å². The summed E-state index contributed by atoms with van der Waals surface area (Å²) in [5.74, 6) is -1.74. The molecule has 0 aromatic carbocycles. The van der Waals surface area contributed by atoms with Crippen LogP contribution in [0.25, 0.3) is 0 Å². The number of hydrogen-bond acceptors (Lipinski definition) is 3. The number of rotatable bonds is 8. The molecule has 2 N–H and O–H groups in total. The van der Waals surface area contributed by atoms with Gasteiger partial charge in [0.05, 0.1) is 11.1 Å². The number of carboxylic acid groups (broad SMARTS) is 2. The van der Waals surface area contributed by atoms with Gasteiger partial charge in [-0.05, 0) is 24.7 Å². The van der Waals surface area contributed by atoms with Gasteiger partial charge in [0, 0.05) is 0 Å². The average Bonchev–Trinajstić information content (AvgIpc) is 2.24. The molecule has 0 fully saturated rings. The minimum Gasteiger partial charge on any atom is -0.478 e. The van der Waals surface area contributed by atoms with E-state index in [1.165, 1.54) is 0 Å². The first kappa shape index (κ1) is 17.2. The number of carboxylic acids is 2. The average molecular weight is 270 g/mol. The van der Waals surface area contributed by atoms with Gasteiger partial charge in [-0.25, -0.2) is 9.59 Å². The molecular weight excluding hydrogens is 248 g/mol. The van der Waals surface area contributed by atoms with Gasteiger partial charge < -0.3 is 14.9 Å². The van der Waals surface area contributed by atoms with Crippen molar-refractivity contribution in [1.82, 2.24) is 0 Å². The molecule has 5 nitrogen and oxygen atoms in total. The first-order valence-corrected chi connectivity index (χ1v) is 6.24. The highest BCUT2D eigenvalue weighted by molar-refractivity contribution is 5.87. The Labute approximate surface area is 113 Å². The summed E-state index contributed by atoms with van der Waals surface area (Å²) in [5.41, 5.74) is 0.251. The van der Waals surface area contributed by atoms with Crippen LogP contribution in [0, 0.1) is 11.8 Å². The molecule has 0 saturated heterocycles. The molecular formula is C14H22O5. The summed E-state index contributed by atoms with van der Waals surface area (Å²) in [5, 5.41) is 17.9. The van der Waals surface area contributed by atoms with Crippen LogP contribution in [0.15, 0.2) is 23.7 Å². The van der Waals surface area contributed by atoms with Gasteiger partial charge in [0.15, 0.2) is 0 Å². The Kier molecular flexibility index (Phi) is 7.56. The van der Waals surface area contributed by atoms with Crippen molar-refractivity contribution in [3.05, 3.63) is 23.7 Å². The van der Waals surface area contributed by atoms with Crippen LogP contribution in [0.3, 0.4) is 0 Å². The Morgan fingerprint density at radius 1 is 0.895 bits per heavy atom. The van der Waals surface area contributed by atoms with Crippen LogP contribution < -0.4 is 0 Å². The number of hydrogen-bond donors (Lipinski definition) is 2. The molecule has 0 aliphatic rings. The standard InChI is InChI=1S/C14H22O5/c1-9(2)5-11(13(15)16)7-19-8-12(14(17)18)6-10(3)4/h7-10H,5-6H2,1-4H3,(H,15,16)(H,17,18). The third-order valence-corrected chi connectivity index (χ3v) is 2.23. The molecule has 0 aliphatic heterocycles. The lowest BCUT2D eigenvalue weighted by Crippen LogP contribution is -2.06. The predicted molar refractivity (Wildman–Crippen MR) is 71.4 cm³/mol. The Morgan fingerprint density at radius 3 is 1.42 bits per heavy atom. The maximum Gasteiger partial charge on any atom is 0.334 e. The zero-order valence-electron chi connectivity index (χ0n) is 11.8. The minimum atomic E-state index is -1.05. The van der Waals surface area contributed by atoms with Crippen molar-refractivity contribution in [3.63, 3.8) is 0 Å². The lowest BCUT2D eigenvalue weighted by atomic mass is 10.0. The molecule has 108 valence electrons. The smallest absolute Gasteiger partial charge is 0.334 e. The van der Waals surface area contributed by atoms with Crippen molar-refractivity contribution in [3.8, 4) is 0 Å². The highest BCUT2D eigenvalue weighted by atomic mass is 16.5. The van der Waals surface area contributed by atoms with E-state index in [-0.39, 0.29) is 23.0 Å². The Morgan fingerprint density at radius 2 is 1.21 bits per heavy atom. The van der Waals surface area contributed by atoms with E-state index in [0.717, 1.165) is 12.5 Å². The molecule has 0 saturated carbocycles. The second-order valence-corrected chi connectivity index (χ2v) is 5.23. The van der Waals surface area contributed by atoms with E-state index in [9.17, 15) is 9.59 Å². The molecule has 0 radical (unpaired) electrons. The van der Waals surface area contributed by atoms with Gasteiger partial charge in [-0.1, -0.05) is 27.7 Å². The fourth-order valence-corrected chi connectivity index (χ4v) is 1.45. The molecule has 0 spiro atoms.